The van der Waals surface area contributed by atoms with Gasteiger partial charge in [-0.15, -0.1) is 5.10 Å². The quantitative estimate of drug-likeness (QED) is 0.294. The van der Waals surface area contributed by atoms with Gasteiger partial charge in [0.25, 0.3) is 0 Å². The molecule has 33 heavy (non-hydrogen) atoms. The van der Waals surface area contributed by atoms with E-state index in [1.54, 1.807) is 27.6 Å². The van der Waals surface area contributed by atoms with Crippen LogP contribution in [-0.4, -0.2) is 20.9 Å². The predicted molar refractivity (Wildman–Crippen MR) is 132 cm³/mol. The van der Waals surface area contributed by atoms with Gasteiger partial charge in [0.05, 0.1) is 6.20 Å². The monoisotopic (exact) mass is 472 g/mol. The van der Waals surface area contributed by atoms with E-state index in [1.807, 2.05) is 42.8 Å². The van der Waals surface area contributed by atoms with Gasteiger partial charge in [-0.1, -0.05) is 83.8 Å². The normalized spacial score (nSPS) is 14.6. The maximum atomic E-state index is 6.27. The highest BCUT2D eigenvalue weighted by Gasteiger charge is 2.29. The van der Waals surface area contributed by atoms with E-state index in [4.69, 9.17) is 14.5 Å². The van der Waals surface area contributed by atoms with Gasteiger partial charge in [0, 0.05) is 0 Å². The number of hydrogen-bond acceptors (Lipinski definition) is 7. The SMILES string of the molecule is CSc1nn2cc(C3Nc4c(OCc5ccccc5-c5ccccc5)cccc4O3)nc2s1. The van der Waals surface area contributed by atoms with E-state index >= 15 is 0 Å². The van der Waals surface area contributed by atoms with Gasteiger partial charge < -0.3 is 14.8 Å². The zero-order chi connectivity index (χ0) is 22.2. The van der Waals surface area contributed by atoms with Crippen molar-refractivity contribution in [1.29, 1.82) is 0 Å². The van der Waals surface area contributed by atoms with Crippen LogP contribution in [0.4, 0.5) is 5.69 Å². The summed E-state index contributed by atoms with van der Waals surface area (Å²) in [6, 6.07) is 24.5. The second-order valence-electron chi connectivity index (χ2n) is 7.55. The smallest absolute Gasteiger partial charge is 0.215 e. The molecular formula is C25H20N4O2S2. The molecule has 3 aromatic carbocycles. The molecule has 0 fully saturated rings. The number of rotatable bonds is 6. The molecule has 0 amide bonds. The summed E-state index contributed by atoms with van der Waals surface area (Å²) in [6.45, 7) is 0.454. The van der Waals surface area contributed by atoms with E-state index in [-0.39, 0.29) is 6.23 Å². The molecular weight excluding hydrogens is 452 g/mol. The molecule has 0 radical (unpaired) electrons. The van der Waals surface area contributed by atoms with Gasteiger partial charge in [-0.05, 0) is 35.1 Å². The molecule has 1 aliphatic rings. The Morgan fingerprint density at radius 1 is 1.06 bits per heavy atom. The summed E-state index contributed by atoms with van der Waals surface area (Å²) in [5, 5.41) is 7.94. The van der Waals surface area contributed by atoms with Crippen LogP contribution in [0, 0.1) is 0 Å². The molecule has 5 aromatic rings. The highest BCUT2D eigenvalue weighted by Crippen LogP contribution is 2.44. The lowest BCUT2D eigenvalue weighted by Gasteiger charge is -2.13. The van der Waals surface area contributed by atoms with E-state index in [0.717, 1.165) is 37.7 Å². The van der Waals surface area contributed by atoms with Crippen LogP contribution in [0.5, 0.6) is 11.5 Å². The van der Waals surface area contributed by atoms with Crippen molar-refractivity contribution in [3.05, 3.63) is 90.3 Å². The van der Waals surface area contributed by atoms with Crippen LogP contribution in [0.3, 0.4) is 0 Å². The predicted octanol–water partition coefficient (Wildman–Crippen LogP) is 6.26. The molecule has 3 heterocycles. The molecule has 6 rings (SSSR count). The second kappa shape index (κ2) is 8.46. The van der Waals surface area contributed by atoms with Crippen molar-refractivity contribution >= 4 is 33.7 Å². The van der Waals surface area contributed by atoms with Gasteiger partial charge in [0.2, 0.25) is 11.2 Å². The summed E-state index contributed by atoms with van der Waals surface area (Å²) in [4.78, 5) is 5.54. The first-order valence-electron chi connectivity index (χ1n) is 10.5. The number of para-hydroxylation sites is 1. The topological polar surface area (TPSA) is 60.7 Å². The maximum Gasteiger partial charge on any atom is 0.215 e. The Labute approximate surface area is 199 Å². The first kappa shape index (κ1) is 20.1. The molecule has 2 aromatic heterocycles. The number of hydrogen-bond donors (Lipinski definition) is 1. The van der Waals surface area contributed by atoms with E-state index in [9.17, 15) is 0 Å². The van der Waals surface area contributed by atoms with Crippen molar-refractivity contribution in [3.8, 4) is 22.6 Å². The fourth-order valence-electron chi connectivity index (χ4n) is 3.90. The van der Waals surface area contributed by atoms with Crippen LogP contribution in [0.2, 0.25) is 0 Å². The number of aromatic nitrogens is 3. The fourth-order valence-corrected chi connectivity index (χ4v) is 5.25. The lowest BCUT2D eigenvalue weighted by atomic mass is 10.0. The lowest BCUT2D eigenvalue weighted by molar-refractivity contribution is 0.255. The molecule has 1 unspecified atom stereocenters. The third kappa shape index (κ3) is 3.81. The Morgan fingerprint density at radius 2 is 1.91 bits per heavy atom. The fraction of sp³-hybridized carbons (Fsp3) is 0.120. The second-order valence-corrected chi connectivity index (χ2v) is 9.56. The summed E-state index contributed by atoms with van der Waals surface area (Å²) in [6.07, 6.45) is 3.54. The molecule has 0 saturated heterocycles. The Kier molecular flexibility index (Phi) is 5.16. The molecule has 0 spiro atoms. The van der Waals surface area contributed by atoms with Crippen LogP contribution in [0.15, 0.2) is 83.3 Å². The average molecular weight is 473 g/mol. The van der Waals surface area contributed by atoms with Crippen molar-refractivity contribution in [1.82, 2.24) is 14.6 Å². The van der Waals surface area contributed by atoms with Gasteiger partial charge in [0.15, 0.2) is 4.34 Å². The number of anilines is 1. The van der Waals surface area contributed by atoms with Crippen molar-refractivity contribution in [3.63, 3.8) is 0 Å². The molecule has 0 bridgehead atoms. The van der Waals surface area contributed by atoms with Crippen LogP contribution < -0.4 is 14.8 Å². The molecule has 1 atom stereocenters. The minimum Gasteiger partial charge on any atom is -0.487 e. The average Bonchev–Trinajstić information content (AvgIpc) is 3.56. The van der Waals surface area contributed by atoms with Crippen LogP contribution in [0.25, 0.3) is 16.1 Å². The van der Waals surface area contributed by atoms with E-state index in [0.29, 0.717) is 6.61 Å². The standard InChI is InChI=1S/C25H20N4O2S2/c1-32-25-28-29-14-19(26-24(29)33-25)23-27-22-20(12-7-13-21(22)31-23)30-15-17-10-5-6-11-18(17)16-8-3-2-4-9-16/h2-14,23,27H,15H2,1H3. The number of ether oxygens (including phenoxy) is 2. The lowest BCUT2D eigenvalue weighted by Crippen LogP contribution is -2.10. The van der Waals surface area contributed by atoms with E-state index in [1.165, 1.54) is 11.1 Å². The Bertz CT molecular complexity index is 1400. The summed E-state index contributed by atoms with van der Waals surface area (Å²) in [5.41, 5.74) is 5.10. The van der Waals surface area contributed by atoms with Gasteiger partial charge in [-0.2, -0.15) is 0 Å². The van der Waals surface area contributed by atoms with Gasteiger partial charge in [-0.25, -0.2) is 9.50 Å². The van der Waals surface area contributed by atoms with Crippen LogP contribution in [-0.2, 0) is 6.61 Å². The van der Waals surface area contributed by atoms with Crippen molar-refractivity contribution in [2.45, 2.75) is 17.2 Å². The zero-order valence-electron chi connectivity index (χ0n) is 17.8. The highest BCUT2D eigenvalue weighted by atomic mass is 32.2. The number of nitrogens with one attached hydrogen (secondary N) is 1. The van der Waals surface area contributed by atoms with E-state index in [2.05, 4.69) is 52.9 Å². The molecule has 0 saturated carbocycles. The third-order valence-corrected chi connectivity index (χ3v) is 7.38. The Balaban J connectivity index is 1.23. The minimum atomic E-state index is -0.381. The number of imidazole rings is 1. The number of thioether (sulfide) groups is 1. The number of benzene rings is 3. The van der Waals surface area contributed by atoms with Crippen LogP contribution in [0.1, 0.15) is 17.5 Å². The number of fused-ring (bicyclic) bond motifs is 2. The Morgan fingerprint density at radius 3 is 2.76 bits per heavy atom. The summed E-state index contributed by atoms with van der Waals surface area (Å²) >= 11 is 3.18. The summed E-state index contributed by atoms with van der Waals surface area (Å²) in [7, 11) is 0. The highest BCUT2D eigenvalue weighted by molar-refractivity contribution is 8.00. The van der Waals surface area contributed by atoms with Crippen molar-refractivity contribution < 1.29 is 9.47 Å². The van der Waals surface area contributed by atoms with Crippen molar-refractivity contribution in [2.75, 3.05) is 11.6 Å². The van der Waals surface area contributed by atoms with Gasteiger partial charge in [-0.3, -0.25) is 0 Å². The molecule has 6 nitrogen and oxygen atoms in total. The first-order valence-corrected chi connectivity index (χ1v) is 12.5. The largest absolute Gasteiger partial charge is 0.487 e. The van der Waals surface area contributed by atoms with E-state index < -0.39 is 0 Å². The van der Waals surface area contributed by atoms with Gasteiger partial charge in [0.1, 0.15) is 29.5 Å². The first-order chi connectivity index (χ1) is 16.3. The van der Waals surface area contributed by atoms with Crippen molar-refractivity contribution in [2.24, 2.45) is 0 Å². The zero-order valence-corrected chi connectivity index (χ0v) is 19.4. The maximum absolute atomic E-state index is 6.27. The van der Waals surface area contributed by atoms with Gasteiger partial charge >= 0.3 is 0 Å². The molecule has 1 aliphatic heterocycles. The molecule has 0 aliphatic carbocycles. The minimum absolute atomic E-state index is 0.381. The third-order valence-electron chi connectivity index (χ3n) is 5.48. The molecule has 8 heteroatoms. The van der Waals surface area contributed by atoms with Crippen LogP contribution >= 0.6 is 23.1 Å². The molecule has 1 N–H and O–H groups in total. The summed E-state index contributed by atoms with van der Waals surface area (Å²) < 4.78 is 15.2. The Hall–Kier alpha value is -3.49. The summed E-state index contributed by atoms with van der Waals surface area (Å²) in [5.74, 6) is 1.50. The number of nitrogens with zero attached hydrogens (tertiary/aromatic N) is 3. The molecule has 164 valence electrons.